The molecule has 2 aromatic carbocycles. The number of carboxylic acids is 1. The van der Waals surface area contributed by atoms with Gasteiger partial charge in [0, 0.05) is 37.4 Å². The molecule has 8 nitrogen and oxygen atoms in total. The Bertz CT molecular complexity index is 1390. The lowest BCUT2D eigenvalue weighted by molar-refractivity contribution is -0.133. The predicted octanol–water partition coefficient (Wildman–Crippen LogP) is 3.76. The third kappa shape index (κ3) is 5.50. The van der Waals surface area contributed by atoms with Crippen molar-refractivity contribution in [3.63, 3.8) is 0 Å². The predicted molar refractivity (Wildman–Crippen MR) is 132 cm³/mol. The molecular weight excluding hydrogens is 465 g/mol. The molecule has 1 amide bonds. The topological polar surface area (TPSA) is 120 Å². The Balaban J connectivity index is 1.34. The summed E-state index contributed by atoms with van der Waals surface area (Å²) < 4.78 is 13.6. The number of ketones is 1. The fourth-order valence-electron chi connectivity index (χ4n) is 4.78. The number of aromatic carboxylic acids is 1. The first kappa shape index (κ1) is 25.2. The fraction of sp³-hybridized carbons (Fsp3) is 0.370. The van der Waals surface area contributed by atoms with Gasteiger partial charge in [0.25, 0.3) is 5.56 Å². The van der Waals surface area contributed by atoms with Gasteiger partial charge in [0.1, 0.15) is 11.6 Å². The van der Waals surface area contributed by atoms with Gasteiger partial charge in [-0.05, 0) is 55.5 Å². The molecule has 3 aromatic rings. The van der Waals surface area contributed by atoms with Gasteiger partial charge in [0.05, 0.1) is 16.5 Å². The van der Waals surface area contributed by atoms with Crippen molar-refractivity contribution in [2.24, 2.45) is 11.8 Å². The Kier molecular flexibility index (Phi) is 7.28. The van der Waals surface area contributed by atoms with E-state index in [0.717, 1.165) is 0 Å². The summed E-state index contributed by atoms with van der Waals surface area (Å²) in [5.74, 6) is -1.57. The number of carboxylic acid groups (broad SMARTS) is 1. The van der Waals surface area contributed by atoms with E-state index in [1.807, 2.05) is 6.92 Å². The molecule has 0 bridgehead atoms. The molecule has 0 saturated carbocycles. The summed E-state index contributed by atoms with van der Waals surface area (Å²) in [6.07, 6.45) is 1.70. The Labute approximate surface area is 207 Å². The van der Waals surface area contributed by atoms with Gasteiger partial charge in [-0.25, -0.2) is 14.2 Å². The minimum Gasteiger partial charge on any atom is -0.478 e. The molecule has 4 rings (SSSR count). The number of piperidine rings is 1. The molecule has 1 aromatic heterocycles. The average Bonchev–Trinajstić information content (AvgIpc) is 2.84. The molecule has 1 fully saturated rings. The second-order valence-corrected chi connectivity index (χ2v) is 9.55. The SMILES string of the molecule is Cc1cc(F)cc2c(=O)[nH]c(CC(C)CC(=O)N3CCC(C(=O)c4cccc(C(=O)O)c4)CC3)nc12. The highest BCUT2D eigenvalue weighted by Gasteiger charge is 2.29. The van der Waals surface area contributed by atoms with Crippen molar-refractivity contribution in [2.75, 3.05) is 13.1 Å². The maximum atomic E-state index is 13.6. The van der Waals surface area contributed by atoms with Crippen LogP contribution >= 0.6 is 0 Å². The second-order valence-electron chi connectivity index (χ2n) is 9.55. The van der Waals surface area contributed by atoms with Crippen molar-refractivity contribution in [2.45, 2.75) is 39.5 Å². The van der Waals surface area contributed by atoms with E-state index in [0.29, 0.717) is 54.8 Å². The molecule has 2 heterocycles. The van der Waals surface area contributed by atoms with E-state index in [1.54, 1.807) is 24.0 Å². The van der Waals surface area contributed by atoms with E-state index in [1.165, 1.54) is 24.3 Å². The van der Waals surface area contributed by atoms with Crippen LogP contribution < -0.4 is 5.56 Å². The number of hydrogen-bond donors (Lipinski definition) is 2. The fourth-order valence-corrected chi connectivity index (χ4v) is 4.78. The first-order valence-electron chi connectivity index (χ1n) is 12.0. The van der Waals surface area contributed by atoms with Gasteiger partial charge >= 0.3 is 5.97 Å². The summed E-state index contributed by atoms with van der Waals surface area (Å²) in [6.45, 7) is 4.52. The van der Waals surface area contributed by atoms with Crippen molar-refractivity contribution >= 4 is 28.6 Å². The summed E-state index contributed by atoms with van der Waals surface area (Å²) >= 11 is 0. The number of carbonyl (C=O) groups excluding carboxylic acids is 2. The van der Waals surface area contributed by atoms with Crippen LogP contribution in [0.25, 0.3) is 10.9 Å². The molecule has 0 spiro atoms. The number of halogens is 1. The highest BCUT2D eigenvalue weighted by Crippen LogP contribution is 2.24. The monoisotopic (exact) mass is 493 g/mol. The van der Waals surface area contributed by atoms with Crippen molar-refractivity contribution in [3.8, 4) is 0 Å². The first-order chi connectivity index (χ1) is 17.1. The number of nitrogens with zero attached hydrogens (tertiary/aromatic N) is 2. The van der Waals surface area contributed by atoms with Crippen molar-refractivity contribution in [1.29, 1.82) is 0 Å². The number of aromatic amines is 1. The number of likely N-dealkylation sites (tertiary alicyclic amines) is 1. The molecule has 188 valence electrons. The van der Waals surface area contributed by atoms with Crippen molar-refractivity contribution in [1.82, 2.24) is 14.9 Å². The number of nitrogens with one attached hydrogen (secondary N) is 1. The molecule has 1 atom stereocenters. The highest BCUT2D eigenvalue weighted by molar-refractivity contribution is 6.00. The minimum atomic E-state index is -1.08. The van der Waals surface area contributed by atoms with E-state index >= 15 is 0 Å². The normalized spacial score (nSPS) is 15.1. The van der Waals surface area contributed by atoms with Crippen LogP contribution in [0.15, 0.2) is 41.2 Å². The van der Waals surface area contributed by atoms with Crippen LogP contribution in [0.5, 0.6) is 0 Å². The summed E-state index contributed by atoms with van der Waals surface area (Å²) in [5, 5.41) is 9.36. The third-order valence-electron chi connectivity index (χ3n) is 6.69. The molecule has 1 aliphatic rings. The minimum absolute atomic E-state index is 0.0253. The lowest BCUT2D eigenvalue weighted by atomic mass is 9.88. The molecule has 0 aliphatic carbocycles. The third-order valence-corrected chi connectivity index (χ3v) is 6.69. The standard InChI is InChI=1S/C27H28FN3O5/c1-15(10-22-29-24-16(2)12-20(28)14-21(24)26(34)30-22)11-23(32)31-8-6-17(7-9-31)25(33)18-4-3-5-19(13-18)27(35)36/h3-5,12-15,17H,6-11H2,1-2H3,(H,35,36)(H,29,30,34). The molecule has 0 radical (unpaired) electrons. The smallest absolute Gasteiger partial charge is 0.335 e. The van der Waals surface area contributed by atoms with E-state index in [4.69, 9.17) is 5.11 Å². The lowest BCUT2D eigenvalue weighted by Gasteiger charge is -2.32. The van der Waals surface area contributed by atoms with E-state index in [9.17, 15) is 23.6 Å². The van der Waals surface area contributed by atoms with E-state index in [-0.39, 0.29) is 40.9 Å². The summed E-state index contributed by atoms with van der Waals surface area (Å²) in [6, 6.07) is 8.54. The number of Topliss-reactive ketones (excluding diaryl/α,β-unsaturated/α-hetero) is 1. The van der Waals surface area contributed by atoms with Crippen LogP contribution in [-0.2, 0) is 11.2 Å². The number of carbonyl (C=O) groups is 3. The molecule has 9 heteroatoms. The lowest BCUT2D eigenvalue weighted by Crippen LogP contribution is -2.41. The number of aryl methyl sites for hydroxylation is 1. The molecule has 1 unspecified atom stereocenters. The number of fused-ring (bicyclic) bond motifs is 1. The van der Waals surface area contributed by atoms with Crippen molar-refractivity contribution in [3.05, 3.63) is 75.1 Å². The van der Waals surface area contributed by atoms with E-state index < -0.39 is 17.3 Å². The summed E-state index contributed by atoms with van der Waals surface area (Å²) in [7, 11) is 0. The van der Waals surface area contributed by atoms with Gasteiger partial charge in [0.2, 0.25) is 5.91 Å². The molecule has 1 saturated heterocycles. The zero-order chi connectivity index (χ0) is 26.0. The number of benzene rings is 2. The van der Waals surface area contributed by atoms with Crippen LogP contribution in [0.3, 0.4) is 0 Å². The van der Waals surface area contributed by atoms with Crippen LogP contribution in [0.4, 0.5) is 4.39 Å². The van der Waals surface area contributed by atoms with Gasteiger partial charge in [-0.1, -0.05) is 19.1 Å². The second kappa shape index (κ2) is 10.4. The zero-order valence-electron chi connectivity index (χ0n) is 20.2. The number of rotatable bonds is 7. The van der Waals surface area contributed by atoms with Gasteiger partial charge < -0.3 is 15.0 Å². The van der Waals surface area contributed by atoms with Crippen LogP contribution in [0.2, 0.25) is 0 Å². The largest absolute Gasteiger partial charge is 0.478 e. The number of hydrogen-bond acceptors (Lipinski definition) is 5. The van der Waals surface area contributed by atoms with Gasteiger partial charge in [-0.15, -0.1) is 0 Å². The first-order valence-corrected chi connectivity index (χ1v) is 12.0. The van der Waals surface area contributed by atoms with Gasteiger partial charge in [-0.2, -0.15) is 0 Å². The highest BCUT2D eigenvalue weighted by atomic mass is 19.1. The number of H-pyrrole nitrogens is 1. The average molecular weight is 494 g/mol. The molecule has 2 N–H and O–H groups in total. The Morgan fingerprint density at radius 3 is 2.56 bits per heavy atom. The van der Waals surface area contributed by atoms with Gasteiger partial charge in [-0.3, -0.25) is 14.4 Å². The molecular formula is C27H28FN3O5. The van der Waals surface area contributed by atoms with Gasteiger partial charge in [0.15, 0.2) is 5.78 Å². The number of amides is 1. The maximum absolute atomic E-state index is 13.6. The van der Waals surface area contributed by atoms with E-state index in [2.05, 4.69) is 9.97 Å². The maximum Gasteiger partial charge on any atom is 0.335 e. The Hall–Kier alpha value is -3.88. The summed E-state index contributed by atoms with van der Waals surface area (Å²) in [5.41, 5.74) is 1.08. The van der Waals surface area contributed by atoms with Crippen LogP contribution in [0, 0.1) is 24.6 Å². The zero-order valence-corrected chi connectivity index (χ0v) is 20.2. The summed E-state index contributed by atoms with van der Waals surface area (Å²) in [4.78, 5) is 58.2. The molecule has 1 aliphatic heterocycles. The number of aromatic nitrogens is 2. The van der Waals surface area contributed by atoms with Crippen molar-refractivity contribution < 1.29 is 23.9 Å². The quantitative estimate of drug-likeness (QED) is 0.484. The van der Waals surface area contributed by atoms with Crippen LogP contribution in [-0.4, -0.2) is 50.7 Å². The Morgan fingerprint density at radius 1 is 1.17 bits per heavy atom. The molecule has 36 heavy (non-hydrogen) atoms. The van der Waals surface area contributed by atoms with Crippen LogP contribution in [0.1, 0.15) is 58.3 Å². The Morgan fingerprint density at radius 2 is 1.86 bits per heavy atom.